The smallest absolute Gasteiger partial charge is 0.332 e. The van der Waals surface area contributed by atoms with Gasteiger partial charge in [0.25, 0.3) is 5.56 Å². The molecule has 1 aliphatic rings. The van der Waals surface area contributed by atoms with Crippen LogP contribution in [0.1, 0.15) is 17.8 Å². The van der Waals surface area contributed by atoms with Crippen LogP contribution in [-0.4, -0.2) is 55.3 Å². The highest BCUT2D eigenvalue weighted by Crippen LogP contribution is 2.28. The van der Waals surface area contributed by atoms with Crippen molar-refractivity contribution in [2.45, 2.75) is 25.7 Å². The first-order valence-electron chi connectivity index (χ1n) is 11.3. The van der Waals surface area contributed by atoms with E-state index in [1.807, 2.05) is 0 Å². The van der Waals surface area contributed by atoms with Crippen molar-refractivity contribution in [3.8, 4) is 5.88 Å². The Bertz CT molecular complexity index is 1610. The molecule has 14 heteroatoms. The highest BCUT2D eigenvalue weighted by atomic mass is 19.2. The zero-order valence-electron chi connectivity index (χ0n) is 19.8. The number of nitrogens with zero attached hydrogens (tertiary/aromatic N) is 7. The van der Waals surface area contributed by atoms with E-state index >= 15 is 0 Å². The molecule has 0 aliphatic carbocycles. The van der Waals surface area contributed by atoms with Crippen molar-refractivity contribution in [2.75, 3.05) is 25.1 Å². The van der Waals surface area contributed by atoms with Crippen molar-refractivity contribution in [1.82, 2.24) is 28.9 Å². The van der Waals surface area contributed by atoms with E-state index < -0.39 is 41.4 Å². The molecule has 4 heterocycles. The molecule has 1 saturated heterocycles. The molecule has 0 N–H and O–H groups in total. The fraction of sp³-hybridized carbons (Fsp3) is 0.348. The van der Waals surface area contributed by atoms with Crippen LogP contribution in [0, 0.1) is 17.5 Å². The lowest BCUT2D eigenvalue weighted by Gasteiger charge is -2.20. The molecular formula is C23H21F4N7O3. The fourth-order valence-corrected chi connectivity index (χ4v) is 4.39. The second-order valence-corrected chi connectivity index (χ2v) is 8.68. The number of benzene rings is 1. The van der Waals surface area contributed by atoms with Crippen LogP contribution < -0.4 is 20.9 Å². The molecule has 37 heavy (non-hydrogen) atoms. The number of alkyl halides is 1. The van der Waals surface area contributed by atoms with E-state index in [2.05, 4.69) is 15.1 Å². The van der Waals surface area contributed by atoms with Crippen LogP contribution in [0.5, 0.6) is 5.88 Å². The monoisotopic (exact) mass is 519 g/mol. The van der Waals surface area contributed by atoms with Crippen LogP contribution in [0.25, 0.3) is 10.9 Å². The fourth-order valence-electron chi connectivity index (χ4n) is 4.39. The first-order valence-corrected chi connectivity index (χ1v) is 11.3. The number of pyridine rings is 1. The van der Waals surface area contributed by atoms with E-state index in [9.17, 15) is 27.2 Å². The summed E-state index contributed by atoms with van der Waals surface area (Å²) >= 11 is 0. The van der Waals surface area contributed by atoms with Gasteiger partial charge in [-0.15, -0.1) is 0 Å². The van der Waals surface area contributed by atoms with E-state index in [0.717, 1.165) is 21.3 Å². The molecule has 0 amide bonds. The Morgan fingerprint density at radius 3 is 2.41 bits per heavy atom. The van der Waals surface area contributed by atoms with Crippen molar-refractivity contribution < 1.29 is 22.3 Å². The summed E-state index contributed by atoms with van der Waals surface area (Å²) in [5, 5.41) is 4.02. The second kappa shape index (κ2) is 9.33. The molecule has 3 aromatic heterocycles. The number of aryl methyl sites for hydroxylation is 1. The maximum atomic E-state index is 14.0. The zero-order chi connectivity index (χ0) is 26.4. The van der Waals surface area contributed by atoms with E-state index in [4.69, 9.17) is 4.74 Å². The van der Waals surface area contributed by atoms with Crippen molar-refractivity contribution in [1.29, 1.82) is 0 Å². The van der Waals surface area contributed by atoms with Gasteiger partial charge in [-0.25, -0.2) is 27.3 Å². The largest absolute Gasteiger partial charge is 0.480 e. The molecule has 1 fully saturated rings. The summed E-state index contributed by atoms with van der Waals surface area (Å²) in [7, 11) is 2.90. The third-order valence-corrected chi connectivity index (χ3v) is 6.14. The number of hydrogen-bond acceptors (Lipinski definition) is 7. The number of halogens is 4. The maximum absolute atomic E-state index is 14.0. The van der Waals surface area contributed by atoms with Gasteiger partial charge in [-0.05, 0) is 24.1 Å². The Hall–Kier alpha value is -4.23. The van der Waals surface area contributed by atoms with Crippen LogP contribution in [0.2, 0.25) is 0 Å². The number of anilines is 1. The van der Waals surface area contributed by atoms with Gasteiger partial charge in [0.05, 0.1) is 32.3 Å². The standard InChI is InChI=1S/C23H21F4N7O3/c1-31-11-28-17(30-31)10-34-22(35)19-16(7-18(29-21(19)37-2)32-4-3-13(24)9-32)33(23(34)36)8-12-5-14(25)20(27)15(26)6-12/h5-7,11,13H,3-4,8-10H2,1-2H3/t13-/m0/s1. The maximum Gasteiger partial charge on any atom is 0.332 e. The lowest BCUT2D eigenvalue weighted by molar-refractivity contribution is 0.364. The number of ether oxygens (including phenoxy) is 1. The predicted octanol–water partition coefficient (Wildman–Crippen LogP) is 1.76. The van der Waals surface area contributed by atoms with Gasteiger partial charge < -0.3 is 9.64 Å². The normalized spacial score (nSPS) is 15.6. The van der Waals surface area contributed by atoms with Gasteiger partial charge in [0.2, 0.25) is 5.88 Å². The molecule has 1 aliphatic heterocycles. The first kappa shape index (κ1) is 24.5. The van der Waals surface area contributed by atoms with Crippen LogP contribution in [0.3, 0.4) is 0 Å². The van der Waals surface area contributed by atoms with Crippen molar-refractivity contribution in [2.24, 2.45) is 7.05 Å². The summed E-state index contributed by atoms with van der Waals surface area (Å²) in [6.45, 7) is -0.314. The minimum Gasteiger partial charge on any atom is -0.480 e. The van der Waals surface area contributed by atoms with Gasteiger partial charge in [-0.2, -0.15) is 10.1 Å². The Morgan fingerprint density at radius 2 is 1.81 bits per heavy atom. The minimum atomic E-state index is -1.64. The quantitative estimate of drug-likeness (QED) is 0.283. The Labute approximate surface area is 206 Å². The molecule has 1 aromatic carbocycles. The minimum absolute atomic E-state index is 0.0505. The van der Waals surface area contributed by atoms with E-state index in [-0.39, 0.29) is 53.5 Å². The third kappa shape index (κ3) is 4.42. The second-order valence-electron chi connectivity index (χ2n) is 8.68. The van der Waals surface area contributed by atoms with Gasteiger partial charge in [-0.3, -0.25) is 18.6 Å². The molecule has 10 nitrogen and oxygen atoms in total. The van der Waals surface area contributed by atoms with Gasteiger partial charge >= 0.3 is 5.69 Å². The predicted molar refractivity (Wildman–Crippen MR) is 124 cm³/mol. The van der Waals surface area contributed by atoms with Gasteiger partial charge in [0.1, 0.15) is 23.7 Å². The highest BCUT2D eigenvalue weighted by molar-refractivity contribution is 5.85. The Balaban J connectivity index is 1.77. The number of fused-ring (bicyclic) bond motifs is 1. The average Bonchev–Trinajstić information content (AvgIpc) is 3.49. The summed E-state index contributed by atoms with van der Waals surface area (Å²) in [4.78, 5) is 37.2. The SMILES string of the molecule is COc1nc(N2CC[C@H](F)C2)cc2c1c(=O)n(Cc1ncn(C)n1)c(=O)n2Cc1cc(F)c(F)c(F)c1. The molecular weight excluding hydrogens is 498 g/mol. The van der Waals surface area contributed by atoms with Crippen molar-refractivity contribution >= 4 is 16.7 Å². The van der Waals surface area contributed by atoms with E-state index in [1.165, 1.54) is 24.2 Å². The Kier molecular flexibility index (Phi) is 6.17. The van der Waals surface area contributed by atoms with Crippen LogP contribution in [0.15, 0.2) is 34.1 Å². The number of rotatable bonds is 6. The van der Waals surface area contributed by atoms with E-state index in [0.29, 0.717) is 6.54 Å². The highest BCUT2D eigenvalue weighted by Gasteiger charge is 2.26. The Morgan fingerprint density at radius 1 is 1.08 bits per heavy atom. The molecule has 194 valence electrons. The summed E-state index contributed by atoms with van der Waals surface area (Å²) in [6, 6.07) is 2.96. The van der Waals surface area contributed by atoms with Crippen LogP contribution in [0.4, 0.5) is 23.4 Å². The molecule has 0 unspecified atom stereocenters. The lowest BCUT2D eigenvalue weighted by Crippen LogP contribution is -2.41. The summed E-state index contributed by atoms with van der Waals surface area (Å²) in [6.07, 6.45) is 0.601. The van der Waals surface area contributed by atoms with Gasteiger partial charge in [0, 0.05) is 19.7 Å². The lowest BCUT2D eigenvalue weighted by atomic mass is 10.2. The molecule has 5 rings (SSSR count). The third-order valence-electron chi connectivity index (χ3n) is 6.14. The molecule has 0 spiro atoms. The van der Waals surface area contributed by atoms with Gasteiger partial charge in [0.15, 0.2) is 23.3 Å². The zero-order valence-corrected chi connectivity index (χ0v) is 19.8. The summed E-state index contributed by atoms with van der Waals surface area (Å²) < 4.78 is 64.1. The molecule has 0 radical (unpaired) electrons. The average molecular weight is 519 g/mol. The number of aromatic nitrogens is 6. The summed E-state index contributed by atoms with van der Waals surface area (Å²) in [5.41, 5.74) is -1.60. The van der Waals surface area contributed by atoms with Crippen molar-refractivity contribution in [3.05, 3.63) is 74.2 Å². The number of methoxy groups -OCH3 is 1. The summed E-state index contributed by atoms with van der Waals surface area (Å²) in [5.74, 6) is -4.18. The first-order chi connectivity index (χ1) is 17.7. The number of hydrogen-bond donors (Lipinski definition) is 0. The molecule has 0 saturated carbocycles. The molecule has 4 aromatic rings. The van der Waals surface area contributed by atoms with E-state index in [1.54, 1.807) is 11.9 Å². The van der Waals surface area contributed by atoms with Crippen LogP contribution in [-0.2, 0) is 20.1 Å². The topological polar surface area (TPSA) is 100 Å². The molecule has 1 atom stereocenters. The molecule has 0 bridgehead atoms. The van der Waals surface area contributed by atoms with Crippen molar-refractivity contribution in [3.63, 3.8) is 0 Å². The van der Waals surface area contributed by atoms with Gasteiger partial charge in [-0.1, -0.05) is 0 Å². The van der Waals surface area contributed by atoms with Crippen LogP contribution >= 0.6 is 0 Å².